The summed E-state index contributed by atoms with van der Waals surface area (Å²) in [6.45, 7) is 1.29. The first kappa shape index (κ1) is 13.6. The Morgan fingerprint density at radius 3 is 2.86 bits per heavy atom. The minimum Gasteiger partial charge on any atom is -0.452 e. The second-order valence-electron chi connectivity index (χ2n) is 5.05. The van der Waals surface area contributed by atoms with Crippen LogP contribution in [0.3, 0.4) is 0 Å². The lowest BCUT2D eigenvalue weighted by Crippen LogP contribution is -2.38. The van der Waals surface area contributed by atoms with E-state index in [2.05, 4.69) is 4.98 Å². The topological polar surface area (TPSA) is 72.6 Å². The Balaban J connectivity index is 1.59. The Morgan fingerprint density at radius 1 is 1.24 bits per heavy atom. The highest BCUT2D eigenvalue weighted by molar-refractivity contribution is 5.94. The molecule has 3 rings (SSSR count). The zero-order chi connectivity index (χ0) is 14.7. The van der Waals surface area contributed by atoms with Gasteiger partial charge in [0.25, 0.3) is 5.91 Å². The van der Waals surface area contributed by atoms with Crippen LogP contribution in [0, 0.1) is 0 Å². The van der Waals surface area contributed by atoms with Crippen molar-refractivity contribution in [2.45, 2.75) is 19.3 Å². The maximum absolute atomic E-state index is 11.9. The summed E-state index contributed by atoms with van der Waals surface area (Å²) in [5.74, 6) is -0.664. The van der Waals surface area contributed by atoms with Gasteiger partial charge in [-0.1, -0.05) is 0 Å². The molecule has 21 heavy (non-hydrogen) atoms. The van der Waals surface area contributed by atoms with Crippen LogP contribution in [-0.4, -0.2) is 41.5 Å². The van der Waals surface area contributed by atoms with Gasteiger partial charge in [-0.15, -0.1) is 0 Å². The monoisotopic (exact) mass is 288 g/mol. The summed E-state index contributed by atoms with van der Waals surface area (Å²) in [4.78, 5) is 29.6. The van der Waals surface area contributed by atoms with Crippen molar-refractivity contribution in [1.29, 1.82) is 0 Å². The molecule has 0 aliphatic carbocycles. The minimum atomic E-state index is -0.529. The lowest BCUT2D eigenvalue weighted by atomic mass is 10.1. The molecule has 0 N–H and O–H groups in total. The number of hydrogen-bond donors (Lipinski definition) is 0. The van der Waals surface area contributed by atoms with Crippen molar-refractivity contribution in [2.75, 3.05) is 19.7 Å². The molecule has 0 bridgehead atoms. The first-order valence-electron chi connectivity index (χ1n) is 7.02. The molecule has 1 saturated heterocycles. The number of esters is 1. The van der Waals surface area contributed by atoms with E-state index in [1.54, 1.807) is 23.1 Å². The minimum absolute atomic E-state index is 0.135. The van der Waals surface area contributed by atoms with Gasteiger partial charge in [0.05, 0.1) is 5.56 Å². The SMILES string of the molecule is O=C(OCC(=O)N1CCCCC1)c1ccc2ncoc2c1. The van der Waals surface area contributed by atoms with E-state index < -0.39 is 5.97 Å². The smallest absolute Gasteiger partial charge is 0.338 e. The molecule has 1 aromatic carbocycles. The maximum Gasteiger partial charge on any atom is 0.338 e. The largest absolute Gasteiger partial charge is 0.452 e. The van der Waals surface area contributed by atoms with Crippen LogP contribution in [0.1, 0.15) is 29.6 Å². The highest BCUT2D eigenvalue weighted by Crippen LogP contribution is 2.15. The van der Waals surface area contributed by atoms with E-state index in [1.807, 2.05) is 0 Å². The van der Waals surface area contributed by atoms with Crippen LogP contribution in [-0.2, 0) is 9.53 Å². The molecule has 1 aliphatic rings. The maximum atomic E-state index is 11.9. The van der Waals surface area contributed by atoms with E-state index in [4.69, 9.17) is 9.15 Å². The molecule has 1 fully saturated rings. The third-order valence-electron chi connectivity index (χ3n) is 3.60. The molecule has 1 amide bonds. The van der Waals surface area contributed by atoms with Crippen molar-refractivity contribution in [3.05, 3.63) is 30.2 Å². The summed E-state index contributed by atoms with van der Waals surface area (Å²) >= 11 is 0. The van der Waals surface area contributed by atoms with Gasteiger partial charge in [-0.25, -0.2) is 9.78 Å². The van der Waals surface area contributed by atoms with Crippen LogP contribution >= 0.6 is 0 Å². The number of piperidine rings is 1. The van der Waals surface area contributed by atoms with Gasteiger partial charge in [-0.05, 0) is 37.5 Å². The molecule has 0 saturated carbocycles. The van der Waals surface area contributed by atoms with Crippen LogP contribution in [0.15, 0.2) is 29.0 Å². The Bertz CT molecular complexity index is 658. The number of likely N-dealkylation sites (tertiary alicyclic amines) is 1. The predicted octanol–water partition coefficient (Wildman–Crippen LogP) is 2.00. The van der Waals surface area contributed by atoms with Crippen molar-refractivity contribution in [2.24, 2.45) is 0 Å². The van der Waals surface area contributed by atoms with Gasteiger partial charge in [0, 0.05) is 13.1 Å². The third-order valence-corrected chi connectivity index (χ3v) is 3.60. The van der Waals surface area contributed by atoms with Crippen molar-refractivity contribution in [3.8, 4) is 0 Å². The molecule has 0 atom stereocenters. The van der Waals surface area contributed by atoms with E-state index in [1.165, 1.54) is 6.39 Å². The van der Waals surface area contributed by atoms with Gasteiger partial charge in [0.2, 0.25) is 0 Å². The van der Waals surface area contributed by atoms with Crippen molar-refractivity contribution in [3.63, 3.8) is 0 Å². The molecule has 2 heterocycles. The van der Waals surface area contributed by atoms with E-state index in [9.17, 15) is 9.59 Å². The average molecular weight is 288 g/mol. The second-order valence-corrected chi connectivity index (χ2v) is 5.05. The summed E-state index contributed by atoms with van der Waals surface area (Å²) < 4.78 is 10.2. The molecule has 0 radical (unpaired) electrons. The number of aromatic nitrogens is 1. The Labute approximate surface area is 121 Å². The van der Waals surface area contributed by atoms with Crippen LogP contribution in [0.4, 0.5) is 0 Å². The van der Waals surface area contributed by atoms with Crippen LogP contribution in [0.5, 0.6) is 0 Å². The van der Waals surface area contributed by atoms with Crippen molar-refractivity contribution >= 4 is 23.0 Å². The zero-order valence-electron chi connectivity index (χ0n) is 11.6. The van der Waals surface area contributed by atoms with E-state index in [0.717, 1.165) is 32.4 Å². The van der Waals surface area contributed by atoms with Gasteiger partial charge < -0.3 is 14.1 Å². The number of carbonyl (C=O) groups excluding carboxylic acids is 2. The first-order chi connectivity index (χ1) is 10.2. The number of ether oxygens (including phenoxy) is 1. The molecular weight excluding hydrogens is 272 g/mol. The van der Waals surface area contributed by atoms with E-state index in [-0.39, 0.29) is 12.5 Å². The van der Waals surface area contributed by atoms with Crippen LogP contribution in [0.25, 0.3) is 11.1 Å². The van der Waals surface area contributed by atoms with E-state index >= 15 is 0 Å². The fourth-order valence-electron chi connectivity index (χ4n) is 2.43. The van der Waals surface area contributed by atoms with Gasteiger partial charge >= 0.3 is 5.97 Å². The van der Waals surface area contributed by atoms with Gasteiger partial charge in [-0.3, -0.25) is 4.79 Å². The highest BCUT2D eigenvalue weighted by Gasteiger charge is 2.18. The molecule has 0 spiro atoms. The van der Waals surface area contributed by atoms with Crippen LogP contribution < -0.4 is 0 Å². The average Bonchev–Trinajstić information content (AvgIpc) is 3.00. The lowest BCUT2D eigenvalue weighted by molar-refractivity contribution is -0.135. The number of benzene rings is 1. The van der Waals surface area contributed by atoms with Gasteiger partial charge in [0.1, 0.15) is 5.52 Å². The summed E-state index contributed by atoms with van der Waals surface area (Å²) in [6.07, 6.45) is 4.50. The summed E-state index contributed by atoms with van der Waals surface area (Å²) in [6, 6.07) is 4.86. The number of amides is 1. The quantitative estimate of drug-likeness (QED) is 0.808. The van der Waals surface area contributed by atoms with Gasteiger partial charge in [-0.2, -0.15) is 0 Å². The predicted molar refractivity (Wildman–Crippen MR) is 74.7 cm³/mol. The molecule has 0 unspecified atom stereocenters. The number of hydrogen-bond acceptors (Lipinski definition) is 5. The molecule has 1 aliphatic heterocycles. The number of oxazole rings is 1. The number of carbonyl (C=O) groups is 2. The molecular formula is C15H16N2O4. The fourth-order valence-corrected chi connectivity index (χ4v) is 2.43. The summed E-state index contributed by atoms with van der Waals surface area (Å²) in [5.41, 5.74) is 1.55. The molecule has 6 nitrogen and oxygen atoms in total. The Kier molecular flexibility index (Phi) is 3.85. The standard InChI is InChI=1S/C15H16N2O4/c18-14(17-6-2-1-3-7-17)9-20-15(19)11-4-5-12-13(8-11)21-10-16-12/h4-5,8,10H,1-3,6-7,9H2. The number of fused-ring (bicyclic) bond motifs is 1. The lowest BCUT2D eigenvalue weighted by Gasteiger charge is -2.26. The van der Waals surface area contributed by atoms with Gasteiger partial charge in [0.15, 0.2) is 18.6 Å². The van der Waals surface area contributed by atoms with E-state index in [0.29, 0.717) is 16.7 Å². The molecule has 6 heteroatoms. The number of nitrogens with zero attached hydrogens (tertiary/aromatic N) is 2. The molecule has 2 aromatic rings. The molecule has 1 aromatic heterocycles. The summed E-state index contributed by atoms with van der Waals surface area (Å²) in [7, 11) is 0. The Morgan fingerprint density at radius 2 is 2.05 bits per heavy atom. The normalized spacial score (nSPS) is 15.1. The third kappa shape index (κ3) is 3.04. The van der Waals surface area contributed by atoms with Crippen LogP contribution in [0.2, 0.25) is 0 Å². The van der Waals surface area contributed by atoms with Crippen molar-refractivity contribution in [1.82, 2.24) is 9.88 Å². The first-order valence-corrected chi connectivity index (χ1v) is 7.02. The highest BCUT2D eigenvalue weighted by atomic mass is 16.5. The fraction of sp³-hybridized carbons (Fsp3) is 0.400. The zero-order valence-corrected chi connectivity index (χ0v) is 11.6. The summed E-state index contributed by atoms with van der Waals surface area (Å²) in [5, 5.41) is 0. The second kappa shape index (κ2) is 5.95. The molecule has 110 valence electrons. The number of rotatable bonds is 3. The Hall–Kier alpha value is -2.37. The van der Waals surface area contributed by atoms with Crippen molar-refractivity contribution < 1.29 is 18.7 Å².